The third-order valence-electron chi connectivity index (χ3n) is 2.61. The van der Waals surface area contributed by atoms with Crippen LogP contribution >= 0.6 is 0 Å². The Balaban J connectivity index is 2.17. The molecule has 1 rings (SSSR count). The SMILES string of the molecule is C#CCCN(C)C(C)C1CC1. The van der Waals surface area contributed by atoms with Crippen molar-refractivity contribution in [1.29, 1.82) is 0 Å². The fourth-order valence-electron chi connectivity index (χ4n) is 1.38. The molecule has 62 valence electrons. The fourth-order valence-corrected chi connectivity index (χ4v) is 1.38. The Bertz CT molecular complexity index is 153. The van der Waals surface area contributed by atoms with Crippen LogP contribution in [0.1, 0.15) is 26.2 Å². The molecule has 1 saturated carbocycles. The zero-order valence-corrected chi connectivity index (χ0v) is 7.51. The van der Waals surface area contributed by atoms with Crippen LogP contribution in [0.15, 0.2) is 0 Å². The van der Waals surface area contributed by atoms with Crippen LogP contribution in [0.4, 0.5) is 0 Å². The second-order valence-electron chi connectivity index (χ2n) is 3.51. The van der Waals surface area contributed by atoms with Gasteiger partial charge in [0.25, 0.3) is 0 Å². The van der Waals surface area contributed by atoms with Crippen molar-refractivity contribution in [3.05, 3.63) is 0 Å². The van der Waals surface area contributed by atoms with Crippen LogP contribution in [0.25, 0.3) is 0 Å². The van der Waals surface area contributed by atoms with Gasteiger partial charge in [-0.1, -0.05) is 0 Å². The van der Waals surface area contributed by atoms with Gasteiger partial charge in [0.2, 0.25) is 0 Å². The molecule has 1 aliphatic rings. The molecule has 1 nitrogen and oxygen atoms in total. The van der Waals surface area contributed by atoms with Gasteiger partial charge in [-0.25, -0.2) is 0 Å². The first-order valence-electron chi connectivity index (χ1n) is 4.39. The zero-order valence-electron chi connectivity index (χ0n) is 7.51. The minimum Gasteiger partial charge on any atom is -0.302 e. The molecule has 1 fully saturated rings. The number of hydrogen-bond donors (Lipinski definition) is 0. The number of nitrogens with zero attached hydrogens (tertiary/aromatic N) is 1. The van der Waals surface area contributed by atoms with E-state index in [1.54, 1.807) is 0 Å². The molecule has 11 heavy (non-hydrogen) atoms. The van der Waals surface area contributed by atoms with E-state index < -0.39 is 0 Å². The predicted molar refractivity (Wildman–Crippen MR) is 48.3 cm³/mol. The van der Waals surface area contributed by atoms with Crippen LogP contribution in [0.3, 0.4) is 0 Å². The molecule has 0 aliphatic heterocycles. The maximum atomic E-state index is 5.19. The second kappa shape index (κ2) is 3.78. The fraction of sp³-hybridized carbons (Fsp3) is 0.800. The van der Waals surface area contributed by atoms with Crippen molar-refractivity contribution in [1.82, 2.24) is 4.90 Å². The van der Waals surface area contributed by atoms with Gasteiger partial charge in [0.05, 0.1) is 0 Å². The second-order valence-corrected chi connectivity index (χ2v) is 3.51. The molecular weight excluding hydrogens is 134 g/mol. The number of terminal acetylenes is 1. The van der Waals surface area contributed by atoms with E-state index in [1.165, 1.54) is 12.8 Å². The standard InChI is InChI=1S/C10H17N/c1-4-5-8-11(3)9(2)10-6-7-10/h1,9-10H,5-8H2,2-3H3. The lowest BCUT2D eigenvalue weighted by atomic mass is 10.2. The maximum Gasteiger partial charge on any atom is 0.0214 e. The van der Waals surface area contributed by atoms with Crippen LogP contribution in [0, 0.1) is 18.3 Å². The van der Waals surface area contributed by atoms with Gasteiger partial charge < -0.3 is 4.90 Å². The molecule has 0 N–H and O–H groups in total. The first-order chi connectivity index (χ1) is 5.25. The van der Waals surface area contributed by atoms with Crippen LogP contribution in [-0.2, 0) is 0 Å². The van der Waals surface area contributed by atoms with E-state index >= 15 is 0 Å². The lowest BCUT2D eigenvalue weighted by Crippen LogP contribution is -2.31. The van der Waals surface area contributed by atoms with Crippen LogP contribution in [-0.4, -0.2) is 24.5 Å². The summed E-state index contributed by atoms with van der Waals surface area (Å²) in [5.41, 5.74) is 0. The van der Waals surface area contributed by atoms with Gasteiger partial charge in [0.15, 0.2) is 0 Å². The first kappa shape index (κ1) is 8.62. The van der Waals surface area contributed by atoms with E-state index in [9.17, 15) is 0 Å². The largest absolute Gasteiger partial charge is 0.302 e. The van der Waals surface area contributed by atoms with Gasteiger partial charge in [-0.15, -0.1) is 12.3 Å². The van der Waals surface area contributed by atoms with Crippen LogP contribution in [0.5, 0.6) is 0 Å². The smallest absolute Gasteiger partial charge is 0.0214 e. The molecule has 1 unspecified atom stereocenters. The topological polar surface area (TPSA) is 3.24 Å². The Morgan fingerprint density at radius 1 is 1.64 bits per heavy atom. The maximum absolute atomic E-state index is 5.19. The highest BCUT2D eigenvalue weighted by Crippen LogP contribution is 2.34. The summed E-state index contributed by atoms with van der Waals surface area (Å²) in [6.07, 6.45) is 8.91. The Morgan fingerprint density at radius 3 is 2.73 bits per heavy atom. The molecule has 1 heteroatoms. The predicted octanol–water partition coefficient (Wildman–Crippen LogP) is 1.74. The summed E-state index contributed by atoms with van der Waals surface area (Å²) in [6, 6.07) is 0.739. The molecule has 1 atom stereocenters. The van der Waals surface area contributed by atoms with E-state index in [0.717, 1.165) is 24.9 Å². The van der Waals surface area contributed by atoms with Crippen LogP contribution in [0.2, 0.25) is 0 Å². The van der Waals surface area contributed by atoms with Gasteiger partial charge in [0, 0.05) is 19.0 Å². The van der Waals surface area contributed by atoms with Crippen molar-refractivity contribution in [2.75, 3.05) is 13.6 Å². The number of hydrogen-bond acceptors (Lipinski definition) is 1. The van der Waals surface area contributed by atoms with Gasteiger partial charge in [-0.2, -0.15) is 0 Å². The molecule has 0 aromatic carbocycles. The van der Waals surface area contributed by atoms with Crippen LogP contribution < -0.4 is 0 Å². The van der Waals surface area contributed by atoms with Gasteiger partial charge in [0.1, 0.15) is 0 Å². The molecule has 0 bridgehead atoms. The molecule has 0 heterocycles. The lowest BCUT2D eigenvalue weighted by Gasteiger charge is -2.23. The van der Waals surface area contributed by atoms with Crippen molar-refractivity contribution >= 4 is 0 Å². The zero-order chi connectivity index (χ0) is 8.27. The van der Waals surface area contributed by atoms with Gasteiger partial charge in [-0.05, 0) is 32.7 Å². The van der Waals surface area contributed by atoms with Crippen molar-refractivity contribution in [2.45, 2.75) is 32.2 Å². The Morgan fingerprint density at radius 2 is 2.27 bits per heavy atom. The third kappa shape index (κ3) is 2.55. The van der Waals surface area contributed by atoms with Crippen molar-refractivity contribution in [3.63, 3.8) is 0 Å². The summed E-state index contributed by atoms with van der Waals surface area (Å²) >= 11 is 0. The van der Waals surface area contributed by atoms with Crippen molar-refractivity contribution < 1.29 is 0 Å². The summed E-state index contributed by atoms with van der Waals surface area (Å²) < 4.78 is 0. The van der Waals surface area contributed by atoms with E-state index in [0.29, 0.717) is 0 Å². The highest BCUT2D eigenvalue weighted by Gasteiger charge is 2.29. The van der Waals surface area contributed by atoms with Gasteiger partial charge >= 0.3 is 0 Å². The Hall–Kier alpha value is -0.480. The van der Waals surface area contributed by atoms with E-state index in [4.69, 9.17) is 6.42 Å². The Kier molecular flexibility index (Phi) is 2.96. The molecule has 0 amide bonds. The first-order valence-corrected chi connectivity index (χ1v) is 4.39. The highest BCUT2D eigenvalue weighted by molar-refractivity contribution is 4.88. The summed E-state index contributed by atoms with van der Waals surface area (Å²) in [5.74, 6) is 3.63. The molecule has 0 radical (unpaired) electrons. The van der Waals surface area contributed by atoms with Crippen molar-refractivity contribution in [2.24, 2.45) is 5.92 Å². The average molecular weight is 151 g/mol. The molecular formula is C10H17N. The van der Waals surface area contributed by atoms with Crippen molar-refractivity contribution in [3.8, 4) is 12.3 Å². The molecule has 0 aromatic heterocycles. The quantitative estimate of drug-likeness (QED) is 0.553. The Labute approximate surface area is 69.8 Å². The third-order valence-corrected chi connectivity index (χ3v) is 2.61. The monoisotopic (exact) mass is 151 g/mol. The average Bonchev–Trinajstić information content (AvgIpc) is 2.81. The summed E-state index contributed by atoms with van der Waals surface area (Å²) in [6.45, 7) is 3.35. The molecule has 0 saturated heterocycles. The highest BCUT2D eigenvalue weighted by atomic mass is 15.1. The minimum atomic E-state index is 0.739. The molecule has 1 aliphatic carbocycles. The van der Waals surface area contributed by atoms with E-state index in [2.05, 4.69) is 24.8 Å². The van der Waals surface area contributed by atoms with E-state index in [-0.39, 0.29) is 0 Å². The molecule has 0 spiro atoms. The normalized spacial score (nSPS) is 19.8. The number of rotatable bonds is 4. The lowest BCUT2D eigenvalue weighted by molar-refractivity contribution is 0.240. The molecule has 0 aromatic rings. The van der Waals surface area contributed by atoms with E-state index in [1.807, 2.05) is 0 Å². The minimum absolute atomic E-state index is 0.739. The summed E-state index contributed by atoms with van der Waals surface area (Å²) in [5, 5.41) is 0. The summed E-state index contributed by atoms with van der Waals surface area (Å²) in [7, 11) is 2.17. The van der Waals surface area contributed by atoms with Gasteiger partial charge in [-0.3, -0.25) is 0 Å². The summed E-state index contributed by atoms with van der Waals surface area (Å²) in [4.78, 5) is 2.37.